The first kappa shape index (κ1) is 19.1. The first-order chi connectivity index (χ1) is 13.5. The van der Waals surface area contributed by atoms with Gasteiger partial charge in [-0.3, -0.25) is 4.79 Å². The number of rotatable bonds is 6. The Morgan fingerprint density at radius 3 is 2.14 bits per heavy atom. The van der Waals surface area contributed by atoms with Gasteiger partial charge in [0.2, 0.25) is 0 Å². The van der Waals surface area contributed by atoms with Crippen LogP contribution in [0.5, 0.6) is 5.75 Å². The van der Waals surface area contributed by atoms with E-state index in [1.54, 1.807) is 36.4 Å². The minimum atomic E-state index is -0.310. The Morgan fingerprint density at radius 1 is 1.00 bits per heavy atom. The Kier molecular flexibility index (Phi) is 6.03. The molecule has 0 aliphatic rings. The predicted molar refractivity (Wildman–Crippen MR) is 105 cm³/mol. The molecule has 0 spiro atoms. The highest BCUT2D eigenvalue weighted by molar-refractivity contribution is 5.78. The average Bonchev–Trinajstić information content (AvgIpc) is 2.73. The standard InChI is InChI=1S/C23H19FN2O2/c1-16(18-6-10-21(24)11-7-18)26-23(27)15-28-22-12-8-20(9-13-22)19-4-2-17(14-25)3-5-19/h2-13,16H,15H2,1H3,(H,26,27)/t16-/m0/s1. The second-order valence-corrected chi connectivity index (χ2v) is 6.34. The predicted octanol–water partition coefficient (Wildman–Crippen LogP) is 4.62. The number of carbonyl (C=O) groups excluding carboxylic acids is 1. The molecule has 0 bridgehead atoms. The molecule has 0 saturated heterocycles. The third-order valence-corrected chi connectivity index (χ3v) is 4.32. The van der Waals surface area contributed by atoms with Crippen LogP contribution >= 0.6 is 0 Å². The van der Waals surface area contributed by atoms with Crippen LogP contribution in [0.2, 0.25) is 0 Å². The van der Waals surface area contributed by atoms with Crippen LogP contribution < -0.4 is 10.1 Å². The van der Waals surface area contributed by atoms with Crippen molar-refractivity contribution in [2.24, 2.45) is 0 Å². The summed E-state index contributed by atoms with van der Waals surface area (Å²) < 4.78 is 18.5. The lowest BCUT2D eigenvalue weighted by Crippen LogP contribution is -2.31. The van der Waals surface area contributed by atoms with Crippen molar-refractivity contribution in [3.63, 3.8) is 0 Å². The van der Waals surface area contributed by atoms with Gasteiger partial charge >= 0.3 is 0 Å². The molecule has 0 saturated carbocycles. The van der Waals surface area contributed by atoms with Gasteiger partial charge in [-0.25, -0.2) is 4.39 Å². The number of nitrogens with one attached hydrogen (secondary N) is 1. The Morgan fingerprint density at radius 2 is 1.57 bits per heavy atom. The van der Waals surface area contributed by atoms with E-state index < -0.39 is 0 Å². The van der Waals surface area contributed by atoms with Crippen molar-refractivity contribution in [3.05, 3.63) is 89.7 Å². The summed E-state index contributed by atoms with van der Waals surface area (Å²) in [5, 5.41) is 11.7. The summed E-state index contributed by atoms with van der Waals surface area (Å²) in [5.74, 6) is 0.0186. The van der Waals surface area contributed by atoms with Crippen molar-refractivity contribution < 1.29 is 13.9 Å². The van der Waals surface area contributed by atoms with Crippen LogP contribution in [0.25, 0.3) is 11.1 Å². The third-order valence-electron chi connectivity index (χ3n) is 4.32. The maximum atomic E-state index is 13.0. The van der Waals surface area contributed by atoms with Gasteiger partial charge in [0.05, 0.1) is 17.7 Å². The van der Waals surface area contributed by atoms with E-state index in [1.165, 1.54) is 12.1 Å². The molecule has 1 amide bonds. The van der Waals surface area contributed by atoms with Crippen LogP contribution in [0.3, 0.4) is 0 Å². The topological polar surface area (TPSA) is 62.1 Å². The Balaban J connectivity index is 1.53. The fourth-order valence-corrected chi connectivity index (χ4v) is 2.75. The van der Waals surface area contributed by atoms with E-state index in [0.29, 0.717) is 11.3 Å². The molecule has 1 atom stereocenters. The number of nitrogens with zero attached hydrogens (tertiary/aromatic N) is 1. The fourth-order valence-electron chi connectivity index (χ4n) is 2.75. The van der Waals surface area contributed by atoms with Crippen LogP contribution in [-0.4, -0.2) is 12.5 Å². The molecule has 0 aromatic heterocycles. The number of benzene rings is 3. The van der Waals surface area contributed by atoms with Crippen LogP contribution in [0.1, 0.15) is 24.1 Å². The molecule has 0 aliphatic carbocycles. The number of nitriles is 1. The summed E-state index contributed by atoms with van der Waals surface area (Å²) in [6.45, 7) is 1.72. The van der Waals surface area contributed by atoms with E-state index in [0.717, 1.165) is 16.7 Å². The van der Waals surface area contributed by atoms with E-state index in [-0.39, 0.29) is 24.4 Å². The summed E-state index contributed by atoms with van der Waals surface area (Å²) in [5.41, 5.74) is 3.42. The minimum absolute atomic E-state index is 0.109. The lowest BCUT2D eigenvalue weighted by atomic mass is 10.0. The maximum Gasteiger partial charge on any atom is 0.258 e. The summed E-state index contributed by atoms with van der Waals surface area (Å²) in [7, 11) is 0. The molecular formula is C23H19FN2O2. The summed E-state index contributed by atoms with van der Waals surface area (Å²) in [6, 6.07) is 22.6. The number of carbonyl (C=O) groups is 1. The maximum absolute atomic E-state index is 13.0. The molecule has 0 fully saturated rings. The number of hydrogen-bond donors (Lipinski definition) is 1. The highest BCUT2D eigenvalue weighted by Crippen LogP contribution is 2.23. The number of hydrogen-bond acceptors (Lipinski definition) is 3. The summed E-state index contributed by atoms with van der Waals surface area (Å²) >= 11 is 0. The molecular weight excluding hydrogens is 355 g/mol. The number of halogens is 1. The molecule has 3 rings (SSSR count). The van der Waals surface area contributed by atoms with Gasteiger partial charge in [-0.15, -0.1) is 0 Å². The van der Waals surface area contributed by atoms with E-state index in [9.17, 15) is 9.18 Å². The molecule has 1 N–H and O–H groups in total. The van der Waals surface area contributed by atoms with Gasteiger partial charge < -0.3 is 10.1 Å². The summed E-state index contributed by atoms with van der Waals surface area (Å²) in [4.78, 5) is 12.1. The van der Waals surface area contributed by atoms with Gasteiger partial charge in [-0.2, -0.15) is 5.26 Å². The van der Waals surface area contributed by atoms with Crippen LogP contribution in [0.15, 0.2) is 72.8 Å². The van der Waals surface area contributed by atoms with Crippen molar-refractivity contribution >= 4 is 5.91 Å². The Bertz CT molecular complexity index is 975. The molecule has 3 aromatic rings. The second-order valence-electron chi connectivity index (χ2n) is 6.34. The second kappa shape index (κ2) is 8.83. The van der Waals surface area contributed by atoms with E-state index in [2.05, 4.69) is 11.4 Å². The van der Waals surface area contributed by atoms with Crippen molar-refractivity contribution in [2.45, 2.75) is 13.0 Å². The molecule has 0 heterocycles. The van der Waals surface area contributed by atoms with Gasteiger partial charge in [-0.1, -0.05) is 36.4 Å². The zero-order valence-corrected chi connectivity index (χ0v) is 15.4. The minimum Gasteiger partial charge on any atom is -0.484 e. The van der Waals surface area contributed by atoms with Gasteiger partial charge in [0.1, 0.15) is 11.6 Å². The number of amides is 1. The van der Waals surface area contributed by atoms with E-state index >= 15 is 0 Å². The van der Waals surface area contributed by atoms with Crippen LogP contribution in [0.4, 0.5) is 4.39 Å². The fraction of sp³-hybridized carbons (Fsp3) is 0.130. The summed E-state index contributed by atoms with van der Waals surface area (Å²) in [6.07, 6.45) is 0. The monoisotopic (exact) mass is 374 g/mol. The first-order valence-electron chi connectivity index (χ1n) is 8.83. The Labute approximate surface area is 163 Å². The SMILES string of the molecule is C[C@H](NC(=O)COc1ccc(-c2ccc(C#N)cc2)cc1)c1ccc(F)cc1. The van der Waals surface area contributed by atoms with E-state index in [4.69, 9.17) is 10.00 Å². The van der Waals surface area contributed by atoms with Gasteiger partial charge in [-0.05, 0) is 60.0 Å². The third kappa shape index (κ3) is 4.95. The van der Waals surface area contributed by atoms with Gasteiger partial charge in [0.15, 0.2) is 6.61 Å². The lowest BCUT2D eigenvalue weighted by molar-refractivity contribution is -0.123. The molecule has 28 heavy (non-hydrogen) atoms. The van der Waals surface area contributed by atoms with Crippen molar-refractivity contribution in [1.82, 2.24) is 5.32 Å². The zero-order valence-electron chi connectivity index (χ0n) is 15.4. The lowest BCUT2D eigenvalue weighted by Gasteiger charge is -2.15. The molecule has 3 aromatic carbocycles. The molecule has 4 nitrogen and oxygen atoms in total. The molecule has 0 unspecified atom stereocenters. The highest BCUT2D eigenvalue weighted by Gasteiger charge is 2.10. The van der Waals surface area contributed by atoms with Crippen molar-refractivity contribution in [2.75, 3.05) is 6.61 Å². The average molecular weight is 374 g/mol. The number of ether oxygens (including phenoxy) is 1. The molecule has 0 radical (unpaired) electrons. The van der Waals surface area contributed by atoms with Crippen molar-refractivity contribution in [3.8, 4) is 22.9 Å². The van der Waals surface area contributed by atoms with Gasteiger partial charge in [0, 0.05) is 0 Å². The quantitative estimate of drug-likeness (QED) is 0.685. The van der Waals surface area contributed by atoms with Crippen LogP contribution in [-0.2, 0) is 4.79 Å². The zero-order chi connectivity index (χ0) is 19.9. The first-order valence-corrected chi connectivity index (χ1v) is 8.83. The molecule has 0 aliphatic heterocycles. The normalized spacial score (nSPS) is 11.3. The molecule has 140 valence electrons. The van der Waals surface area contributed by atoms with E-state index in [1.807, 2.05) is 31.2 Å². The Hall–Kier alpha value is -3.65. The smallest absolute Gasteiger partial charge is 0.258 e. The van der Waals surface area contributed by atoms with Crippen molar-refractivity contribution in [1.29, 1.82) is 5.26 Å². The molecule has 5 heteroatoms. The largest absolute Gasteiger partial charge is 0.484 e. The van der Waals surface area contributed by atoms with Gasteiger partial charge in [0.25, 0.3) is 5.91 Å². The van der Waals surface area contributed by atoms with Crippen LogP contribution in [0, 0.1) is 17.1 Å². The highest BCUT2D eigenvalue weighted by atomic mass is 19.1.